The number of likely N-dealkylation sites (tertiary alicyclic amines) is 1. The number of amides is 1. The Morgan fingerprint density at radius 3 is 2.58 bits per heavy atom. The van der Waals surface area contributed by atoms with Gasteiger partial charge in [-0.05, 0) is 68.8 Å². The third-order valence-electron chi connectivity index (χ3n) is 5.42. The first-order chi connectivity index (χ1) is 11.2. The van der Waals surface area contributed by atoms with Crippen molar-refractivity contribution < 1.29 is 9.53 Å². The molecular weight excluding hydrogens is 324 g/mol. The van der Waals surface area contributed by atoms with E-state index in [0.29, 0.717) is 18.4 Å². The highest BCUT2D eigenvalue weighted by Crippen LogP contribution is 2.39. The first-order valence-corrected chi connectivity index (χ1v) is 8.85. The number of hydrogen-bond donors (Lipinski definition) is 1. The van der Waals surface area contributed by atoms with E-state index in [0.717, 1.165) is 31.9 Å². The summed E-state index contributed by atoms with van der Waals surface area (Å²) in [5.41, 5.74) is 1.68. The van der Waals surface area contributed by atoms with Gasteiger partial charge in [0.2, 0.25) is 5.91 Å². The predicted octanol–water partition coefficient (Wildman–Crippen LogP) is 3.18. The molecule has 2 heterocycles. The molecule has 2 aliphatic heterocycles. The van der Waals surface area contributed by atoms with Crippen LogP contribution < -0.4 is 10.1 Å². The van der Waals surface area contributed by atoms with Crippen LogP contribution in [0.25, 0.3) is 0 Å². The standard InChI is InChI=1S/C19H28N2O2.ClH/c1-16-3-2-4-17(15-16)23-14-5-18(22)21-12-8-19(9-13-21)6-10-20-11-7-19;/h2-4,15,20H,5-14H2,1H3;1H. The van der Waals surface area contributed by atoms with E-state index in [1.807, 2.05) is 36.1 Å². The first kappa shape index (κ1) is 19.1. The van der Waals surface area contributed by atoms with Crippen LogP contribution in [-0.2, 0) is 4.79 Å². The van der Waals surface area contributed by atoms with Gasteiger partial charge in [0.05, 0.1) is 13.0 Å². The molecule has 1 aromatic rings. The van der Waals surface area contributed by atoms with Gasteiger partial charge in [-0.25, -0.2) is 0 Å². The zero-order valence-electron chi connectivity index (χ0n) is 14.6. The maximum absolute atomic E-state index is 12.4. The zero-order chi connectivity index (χ0) is 16.1. The Labute approximate surface area is 151 Å². The predicted molar refractivity (Wildman–Crippen MR) is 98.9 cm³/mol. The van der Waals surface area contributed by atoms with Gasteiger partial charge in [-0.1, -0.05) is 12.1 Å². The van der Waals surface area contributed by atoms with Crippen LogP contribution in [0.1, 0.15) is 37.7 Å². The number of piperidine rings is 2. The van der Waals surface area contributed by atoms with E-state index < -0.39 is 0 Å². The molecule has 4 nitrogen and oxygen atoms in total. The van der Waals surface area contributed by atoms with Crippen molar-refractivity contribution in [3.63, 3.8) is 0 Å². The van der Waals surface area contributed by atoms with Crippen molar-refractivity contribution >= 4 is 18.3 Å². The van der Waals surface area contributed by atoms with Gasteiger partial charge in [-0.3, -0.25) is 4.79 Å². The molecule has 1 amide bonds. The van der Waals surface area contributed by atoms with Crippen LogP contribution in [0.15, 0.2) is 24.3 Å². The molecule has 0 unspecified atom stereocenters. The van der Waals surface area contributed by atoms with Gasteiger partial charge in [0, 0.05) is 13.1 Å². The fourth-order valence-corrected chi connectivity index (χ4v) is 3.81. The molecule has 0 saturated carbocycles. The zero-order valence-corrected chi connectivity index (χ0v) is 15.4. The van der Waals surface area contributed by atoms with Gasteiger partial charge in [-0.2, -0.15) is 0 Å². The molecule has 1 spiro atoms. The number of halogens is 1. The van der Waals surface area contributed by atoms with Gasteiger partial charge >= 0.3 is 0 Å². The topological polar surface area (TPSA) is 41.6 Å². The lowest BCUT2D eigenvalue weighted by atomic mass is 9.71. The lowest BCUT2D eigenvalue weighted by Gasteiger charge is -2.44. The van der Waals surface area contributed by atoms with Crippen molar-refractivity contribution in [3.8, 4) is 5.75 Å². The second-order valence-electron chi connectivity index (χ2n) is 7.05. The molecule has 1 N–H and O–H groups in total. The number of aryl methyl sites for hydroxylation is 1. The smallest absolute Gasteiger partial charge is 0.225 e. The summed E-state index contributed by atoms with van der Waals surface area (Å²) in [5, 5.41) is 3.44. The van der Waals surface area contributed by atoms with E-state index in [1.165, 1.54) is 31.2 Å². The van der Waals surface area contributed by atoms with Crippen molar-refractivity contribution in [3.05, 3.63) is 29.8 Å². The molecule has 134 valence electrons. The largest absolute Gasteiger partial charge is 0.493 e. The quantitative estimate of drug-likeness (QED) is 0.904. The SMILES string of the molecule is Cc1cccc(OCCC(=O)N2CCC3(CCNCC3)CC2)c1.Cl. The average Bonchev–Trinajstić information content (AvgIpc) is 2.56. The number of benzene rings is 1. The molecule has 0 atom stereocenters. The number of carbonyl (C=O) groups excluding carboxylic acids is 1. The number of rotatable bonds is 4. The normalized spacial score (nSPS) is 19.6. The van der Waals surface area contributed by atoms with Crippen molar-refractivity contribution in [2.24, 2.45) is 5.41 Å². The van der Waals surface area contributed by atoms with Crippen LogP contribution in [0, 0.1) is 12.3 Å². The molecule has 2 fully saturated rings. The van der Waals surface area contributed by atoms with Gasteiger partial charge in [-0.15, -0.1) is 12.4 Å². The van der Waals surface area contributed by atoms with E-state index >= 15 is 0 Å². The lowest BCUT2D eigenvalue weighted by Crippen LogP contribution is -2.47. The van der Waals surface area contributed by atoms with Gasteiger partial charge in [0.1, 0.15) is 5.75 Å². The van der Waals surface area contributed by atoms with Gasteiger partial charge < -0.3 is 15.0 Å². The highest BCUT2D eigenvalue weighted by atomic mass is 35.5. The molecule has 0 aliphatic carbocycles. The molecule has 2 aliphatic rings. The minimum absolute atomic E-state index is 0. The summed E-state index contributed by atoms with van der Waals surface area (Å²) in [6.07, 6.45) is 5.35. The Hall–Kier alpha value is -1.26. The van der Waals surface area contributed by atoms with Crippen molar-refractivity contribution in [2.45, 2.75) is 39.0 Å². The Kier molecular flexibility index (Phi) is 6.93. The average molecular weight is 353 g/mol. The number of nitrogens with zero attached hydrogens (tertiary/aromatic N) is 1. The fraction of sp³-hybridized carbons (Fsp3) is 0.632. The van der Waals surface area contributed by atoms with Crippen LogP contribution in [0.4, 0.5) is 0 Å². The Morgan fingerprint density at radius 2 is 1.92 bits per heavy atom. The van der Waals surface area contributed by atoms with Crippen LogP contribution in [-0.4, -0.2) is 43.6 Å². The van der Waals surface area contributed by atoms with Crippen molar-refractivity contribution in [1.82, 2.24) is 10.2 Å². The van der Waals surface area contributed by atoms with Crippen LogP contribution in [0.3, 0.4) is 0 Å². The minimum Gasteiger partial charge on any atom is -0.493 e. The fourth-order valence-electron chi connectivity index (χ4n) is 3.81. The highest BCUT2D eigenvalue weighted by Gasteiger charge is 2.36. The number of hydrogen-bond acceptors (Lipinski definition) is 3. The minimum atomic E-state index is 0. The molecule has 24 heavy (non-hydrogen) atoms. The van der Waals surface area contributed by atoms with E-state index in [1.54, 1.807) is 0 Å². The third kappa shape index (κ3) is 4.87. The lowest BCUT2D eigenvalue weighted by molar-refractivity contribution is -0.134. The van der Waals surface area contributed by atoms with Gasteiger partial charge in [0.15, 0.2) is 0 Å². The van der Waals surface area contributed by atoms with E-state index in [4.69, 9.17) is 4.74 Å². The molecule has 1 aromatic carbocycles. The van der Waals surface area contributed by atoms with Crippen LogP contribution >= 0.6 is 12.4 Å². The first-order valence-electron chi connectivity index (χ1n) is 8.85. The summed E-state index contributed by atoms with van der Waals surface area (Å²) in [6.45, 7) is 6.62. The number of nitrogens with one attached hydrogen (secondary N) is 1. The van der Waals surface area contributed by atoms with E-state index in [2.05, 4.69) is 5.32 Å². The number of carbonyl (C=O) groups is 1. The molecule has 0 aromatic heterocycles. The second-order valence-corrected chi connectivity index (χ2v) is 7.05. The third-order valence-corrected chi connectivity index (χ3v) is 5.42. The molecule has 0 radical (unpaired) electrons. The summed E-state index contributed by atoms with van der Waals surface area (Å²) >= 11 is 0. The molecule has 3 rings (SSSR count). The maximum atomic E-state index is 12.4. The molecule has 0 bridgehead atoms. The summed E-state index contributed by atoms with van der Waals surface area (Å²) < 4.78 is 5.70. The monoisotopic (exact) mass is 352 g/mol. The van der Waals surface area contributed by atoms with Gasteiger partial charge in [0.25, 0.3) is 0 Å². The van der Waals surface area contributed by atoms with Crippen LogP contribution in [0.2, 0.25) is 0 Å². The van der Waals surface area contributed by atoms with E-state index in [9.17, 15) is 4.79 Å². The van der Waals surface area contributed by atoms with E-state index in [-0.39, 0.29) is 18.3 Å². The summed E-state index contributed by atoms with van der Waals surface area (Å²) in [4.78, 5) is 14.4. The van der Waals surface area contributed by atoms with Crippen molar-refractivity contribution in [1.29, 1.82) is 0 Å². The Bertz CT molecular complexity index is 534. The molecular formula is C19H29ClN2O2. The van der Waals surface area contributed by atoms with Crippen molar-refractivity contribution in [2.75, 3.05) is 32.8 Å². The molecule has 5 heteroatoms. The Balaban J connectivity index is 0.00000208. The maximum Gasteiger partial charge on any atom is 0.225 e. The highest BCUT2D eigenvalue weighted by molar-refractivity contribution is 5.85. The Morgan fingerprint density at radius 1 is 1.21 bits per heavy atom. The summed E-state index contributed by atoms with van der Waals surface area (Å²) in [5.74, 6) is 1.09. The van der Waals surface area contributed by atoms with Crippen LogP contribution in [0.5, 0.6) is 5.75 Å². The number of ether oxygens (including phenoxy) is 1. The summed E-state index contributed by atoms with van der Waals surface area (Å²) in [6, 6.07) is 7.98. The summed E-state index contributed by atoms with van der Waals surface area (Å²) in [7, 11) is 0. The second kappa shape index (κ2) is 8.72. The molecule has 2 saturated heterocycles.